The van der Waals surface area contributed by atoms with Gasteiger partial charge < -0.3 is 0 Å². The molecule has 0 aromatic rings. The van der Waals surface area contributed by atoms with Crippen molar-refractivity contribution in [1.29, 1.82) is 0 Å². The molecule has 9 heavy (non-hydrogen) atoms. The van der Waals surface area contributed by atoms with Crippen molar-refractivity contribution in [1.82, 2.24) is 0 Å². The molecule has 1 atom stereocenters. The van der Waals surface area contributed by atoms with Crippen LogP contribution in [0.15, 0.2) is 24.3 Å². The summed E-state index contributed by atoms with van der Waals surface area (Å²) in [7, 11) is 0. The first-order valence-electron chi connectivity index (χ1n) is 3.60. The molecule has 0 fully saturated rings. The molecule has 0 aromatic heterocycles. The highest BCUT2D eigenvalue weighted by Crippen LogP contribution is 2.13. The third-order valence-electron chi connectivity index (χ3n) is 1.70. The summed E-state index contributed by atoms with van der Waals surface area (Å²) in [5.41, 5.74) is 0. The van der Waals surface area contributed by atoms with E-state index in [0.29, 0.717) is 0 Å². The Bertz CT molecular complexity index is 120. The van der Waals surface area contributed by atoms with Gasteiger partial charge in [-0.3, -0.25) is 0 Å². The normalized spacial score (nSPS) is 25.2. The van der Waals surface area contributed by atoms with Gasteiger partial charge >= 0.3 is 0 Å². The molecule has 0 heteroatoms. The zero-order valence-corrected chi connectivity index (χ0v) is 5.88. The topological polar surface area (TPSA) is 0 Å². The summed E-state index contributed by atoms with van der Waals surface area (Å²) in [6.07, 6.45) is 13.3. The summed E-state index contributed by atoms with van der Waals surface area (Å²) in [5.74, 6) is 0.778. The summed E-state index contributed by atoms with van der Waals surface area (Å²) in [6, 6.07) is 0. The standard InChI is InChI=1S/C9H13/c1-2-9-7-5-3-4-6-8-9/h3-7,9H,2,8H2,1H3/q+1. The minimum absolute atomic E-state index is 0.778. The van der Waals surface area contributed by atoms with Crippen molar-refractivity contribution in [3.63, 3.8) is 0 Å². The van der Waals surface area contributed by atoms with Crippen LogP contribution in [0.1, 0.15) is 19.8 Å². The van der Waals surface area contributed by atoms with Crippen molar-refractivity contribution in [2.24, 2.45) is 5.92 Å². The van der Waals surface area contributed by atoms with E-state index in [0.717, 1.165) is 5.92 Å². The summed E-state index contributed by atoms with van der Waals surface area (Å²) in [4.78, 5) is 0. The van der Waals surface area contributed by atoms with Gasteiger partial charge in [0, 0.05) is 43.1 Å². The SMILES string of the molecule is CCC1C=C[CH+]C=CC1. The lowest BCUT2D eigenvalue weighted by Gasteiger charge is -1.97. The first-order chi connectivity index (χ1) is 4.43. The monoisotopic (exact) mass is 121 g/mol. The van der Waals surface area contributed by atoms with Gasteiger partial charge in [0.2, 0.25) is 0 Å². The summed E-state index contributed by atoms with van der Waals surface area (Å²) >= 11 is 0. The van der Waals surface area contributed by atoms with Gasteiger partial charge in [0.05, 0.1) is 0 Å². The van der Waals surface area contributed by atoms with Crippen LogP contribution in [0.3, 0.4) is 0 Å². The van der Waals surface area contributed by atoms with Crippen LogP contribution in [0.25, 0.3) is 0 Å². The van der Waals surface area contributed by atoms with Crippen molar-refractivity contribution in [2.45, 2.75) is 19.8 Å². The molecule has 1 aliphatic rings. The fourth-order valence-corrected chi connectivity index (χ4v) is 0.999. The molecule has 48 valence electrons. The molecule has 1 aliphatic carbocycles. The third-order valence-corrected chi connectivity index (χ3v) is 1.70. The maximum atomic E-state index is 2.28. The smallest absolute Gasteiger partial charge is 0.0425 e. The Morgan fingerprint density at radius 1 is 1.56 bits per heavy atom. The van der Waals surface area contributed by atoms with Crippen LogP contribution in [0, 0.1) is 12.3 Å². The van der Waals surface area contributed by atoms with E-state index in [-0.39, 0.29) is 0 Å². The highest BCUT2D eigenvalue weighted by molar-refractivity contribution is 5.13. The lowest BCUT2D eigenvalue weighted by Crippen LogP contribution is -1.89. The molecule has 0 bridgehead atoms. The van der Waals surface area contributed by atoms with E-state index in [4.69, 9.17) is 0 Å². The molecule has 0 spiro atoms. The van der Waals surface area contributed by atoms with E-state index in [1.54, 1.807) is 0 Å². The zero-order valence-electron chi connectivity index (χ0n) is 5.88. The Morgan fingerprint density at radius 2 is 2.44 bits per heavy atom. The van der Waals surface area contributed by atoms with Crippen LogP contribution in [0.2, 0.25) is 0 Å². The van der Waals surface area contributed by atoms with Crippen LogP contribution >= 0.6 is 0 Å². The molecule has 0 nitrogen and oxygen atoms in total. The molecule has 0 N–H and O–H groups in total. The van der Waals surface area contributed by atoms with Crippen molar-refractivity contribution in [3.8, 4) is 0 Å². The van der Waals surface area contributed by atoms with Crippen LogP contribution < -0.4 is 0 Å². The van der Waals surface area contributed by atoms with Gasteiger partial charge in [-0.1, -0.05) is 6.92 Å². The van der Waals surface area contributed by atoms with Crippen LogP contribution in [-0.2, 0) is 0 Å². The zero-order chi connectivity index (χ0) is 6.53. The maximum absolute atomic E-state index is 2.28. The number of hydrogen-bond donors (Lipinski definition) is 0. The predicted octanol–water partition coefficient (Wildman–Crippen LogP) is 2.73. The molecule has 0 heterocycles. The van der Waals surface area contributed by atoms with Gasteiger partial charge in [-0.25, -0.2) is 0 Å². The average molecular weight is 121 g/mol. The Balaban J connectivity index is 2.44. The first kappa shape index (κ1) is 6.47. The average Bonchev–Trinajstić information content (AvgIpc) is 2.13. The van der Waals surface area contributed by atoms with Gasteiger partial charge in [0.25, 0.3) is 0 Å². The van der Waals surface area contributed by atoms with Crippen molar-refractivity contribution >= 4 is 0 Å². The molecule has 0 radical (unpaired) electrons. The molecule has 0 saturated carbocycles. The lowest BCUT2D eigenvalue weighted by molar-refractivity contribution is 0.640. The first-order valence-corrected chi connectivity index (χ1v) is 3.60. The largest absolute Gasteiger partial charge is 0.0636 e. The van der Waals surface area contributed by atoms with Crippen molar-refractivity contribution in [3.05, 3.63) is 30.7 Å². The number of rotatable bonds is 1. The third kappa shape index (κ3) is 1.96. The van der Waals surface area contributed by atoms with Crippen molar-refractivity contribution in [2.75, 3.05) is 0 Å². The van der Waals surface area contributed by atoms with E-state index >= 15 is 0 Å². The fraction of sp³-hybridized carbons (Fsp3) is 0.444. The Hall–Kier alpha value is -0.650. The number of allylic oxidation sites excluding steroid dienone is 4. The minimum Gasteiger partial charge on any atom is -0.0636 e. The van der Waals surface area contributed by atoms with Crippen LogP contribution in [0.4, 0.5) is 0 Å². The Kier molecular flexibility index (Phi) is 2.44. The molecule has 0 saturated heterocycles. The maximum Gasteiger partial charge on any atom is 0.0425 e. The van der Waals surface area contributed by atoms with Crippen molar-refractivity contribution < 1.29 is 0 Å². The second-order valence-electron chi connectivity index (χ2n) is 2.41. The Morgan fingerprint density at radius 3 is 3.22 bits per heavy atom. The van der Waals surface area contributed by atoms with E-state index in [2.05, 4.69) is 37.6 Å². The summed E-state index contributed by atoms with van der Waals surface area (Å²) < 4.78 is 0. The molecule has 1 unspecified atom stereocenters. The molecule has 1 rings (SSSR count). The van der Waals surface area contributed by atoms with E-state index < -0.39 is 0 Å². The van der Waals surface area contributed by atoms with E-state index in [1.807, 2.05) is 0 Å². The van der Waals surface area contributed by atoms with E-state index in [9.17, 15) is 0 Å². The van der Waals surface area contributed by atoms with Gasteiger partial charge in [-0.2, -0.15) is 0 Å². The molecular weight excluding hydrogens is 108 g/mol. The van der Waals surface area contributed by atoms with Crippen LogP contribution in [0.5, 0.6) is 0 Å². The molecule has 0 amide bonds. The Labute approximate surface area is 57.3 Å². The molecule has 0 aliphatic heterocycles. The quantitative estimate of drug-likeness (QED) is 0.468. The number of hydrogen-bond acceptors (Lipinski definition) is 0. The van der Waals surface area contributed by atoms with Gasteiger partial charge in [-0.05, 0) is 6.42 Å². The predicted molar refractivity (Wildman–Crippen MR) is 41.0 cm³/mol. The fourth-order valence-electron chi connectivity index (χ4n) is 0.999. The summed E-state index contributed by atoms with van der Waals surface area (Å²) in [6.45, 7) is 2.23. The van der Waals surface area contributed by atoms with Gasteiger partial charge in [-0.15, -0.1) is 0 Å². The van der Waals surface area contributed by atoms with Crippen LogP contribution in [-0.4, -0.2) is 0 Å². The summed E-state index contributed by atoms with van der Waals surface area (Å²) in [5, 5.41) is 0. The highest BCUT2D eigenvalue weighted by atomic mass is 14.0. The molecule has 0 aromatic carbocycles. The minimum atomic E-state index is 0.778. The van der Waals surface area contributed by atoms with E-state index in [1.165, 1.54) is 12.8 Å². The van der Waals surface area contributed by atoms with Gasteiger partial charge in [0.1, 0.15) is 0 Å². The lowest BCUT2D eigenvalue weighted by atomic mass is 10.0. The second kappa shape index (κ2) is 3.39. The van der Waals surface area contributed by atoms with Gasteiger partial charge in [0.15, 0.2) is 0 Å². The highest BCUT2D eigenvalue weighted by Gasteiger charge is 2.05. The second-order valence-corrected chi connectivity index (χ2v) is 2.41. The molecular formula is C9H13+.